The molecule has 0 radical (unpaired) electrons. The molecular formula is C24H20N4O2S. The third kappa shape index (κ3) is 4.18. The predicted octanol–water partition coefficient (Wildman–Crippen LogP) is 5.59. The van der Waals surface area contributed by atoms with Crippen molar-refractivity contribution in [2.24, 2.45) is 0 Å². The van der Waals surface area contributed by atoms with Crippen molar-refractivity contribution in [3.8, 4) is 11.4 Å². The van der Waals surface area contributed by atoms with Crippen LogP contribution < -0.4 is 4.74 Å². The van der Waals surface area contributed by atoms with E-state index in [4.69, 9.17) is 9.15 Å². The Morgan fingerprint density at radius 1 is 0.903 bits per heavy atom. The van der Waals surface area contributed by atoms with E-state index in [-0.39, 0.29) is 0 Å². The van der Waals surface area contributed by atoms with Gasteiger partial charge in [0.1, 0.15) is 17.9 Å². The summed E-state index contributed by atoms with van der Waals surface area (Å²) in [6, 6.07) is 25.8. The lowest BCUT2D eigenvalue weighted by Crippen LogP contribution is -2.07. The number of ether oxygens (including phenoxy) is 1. The van der Waals surface area contributed by atoms with Crippen LogP contribution in [0.4, 0.5) is 0 Å². The summed E-state index contributed by atoms with van der Waals surface area (Å²) < 4.78 is 13.9. The molecule has 0 aliphatic rings. The summed E-state index contributed by atoms with van der Waals surface area (Å²) in [5.74, 6) is 2.78. The van der Waals surface area contributed by atoms with Crippen molar-refractivity contribution in [2.75, 3.05) is 0 Å². The Hall–Kier alpha value is -3.58. The maximum atomic E-state index is 6.04. The molecule has 0 saturated heterocycles. The van der Waals surface area contributed by atoms with Crippen molar-refractivity contribution in [2.45, 2.75) is 24.4 Å². The van der Waals surface area contributed by atoms with E-state index in [0.717, 1.165) is 39.1 Å². The zero-order valence-electron chi connectivity index (χ0n) is 16.9. The Bertz CT molecular complexity index is 1280. The fourth-order valence-corrected chi connectivity index (χ4v) is 4.11. The number of hydrogen-bond acceptors (Lipinski definition) is 6. The molecule has 3 aromatic carbocycles. The van der Waals surface area contributed by atoms with Crippen LogP contribution in [0.25, 0.3) is 16.8 Å². The topological polar surface area (TPSA) is 66.0 Å². The van der Waals surface area contributed by atoms with Gasteiger partial charge in [0.15, 0.2) is 16.6 Å². The van der Waals surface area contributed by atoms with E-state index in [1.54, 1.807) is 0 Å². The van der Waals surface area contributed by atoms with Crippen LogP contribution in [-0.4, -0.2) is 19.7 Å². The molecule has 0 bridgehead atoms. The molecule has 31 heavy (non-hydrogen) atoms. The minimum absolute atomic E-state index is 0.316. The van der Waals surface area contributed by atoms with Gasteiger partial charge in [-0.1, -0.05) is 60.3 Å². The lowest BCUT2D eigenvalue weighted by Gasteiger charge is -2.12. The van der Waals surface area contributed by atoms with Gasteiger partial charge in [-0.25, -0.2) is 4.98 Å². The van der Waals surface area contributed by atoms with E-state index >= 15 is 0 Å². The van der Waals surface area contributed by atoms with Crippen molar-refractivity contribution < 1.29 is 9.15 Å². The monoisotopic (exact) mass is 428 g/mol. The average Bonchev–Trinajstić information content (AvgIpc) is 3.41. The maximum Gasteiger partial charge on any atom is 0.205 e. The first-order valence-corrected chi connectivity index (χ1v) is 10.9. The van der Waals surface area contributed by atoms with E-state index in [2.05, 4.69) is 15.2 Å². The summed E-state index contributed by atoms with van der Waals surface area (Å²) in [7, 11) is 0. The van der Waals surface area contributed by atoms with Crippen molar-refractivity contribution >= 4 is 22.9 Å². The summed E-state index contributed by atoms with van der Waals surface area (Å²) in [5.41, 5.74) is 3.71. The van der Waals surface area contributed by atoms with Gasteiger partial charge in [0.25, 0.3) is 0 Å². The van der Waals surface area contributed by atoms with Gasteiger partial charge >= 0.3 is 0 Å². The van der Waals surface area contributed by atoms with Crippen molar-refractivity contribution in [3.05, 3.63) is 96.1 Å². The highest BCUT2D eigenvalue weighted by Crippen LogP contribution is 2.27. The second-order valence-corrected chi connectivity index (χ2v) is 7.93. The van der Waals surface area contributed by atoms with Crippen LogP contribution in [0.1, 0.15) is 17.3 Å². The van der Waals surface area contributed by atoms with Gasteiger partial charge < -0.3 is 9.15 Å². The Labute approximate surface area is 183 Å². The molecule has 154 valence electrons. The van der Waals surface area contributed by atoms with E-state index in [1.807, 2.05) is 90.4 Å². The molecule has 0 fully saturated rings. The van der Waals surface area contributed by atoms with Gasteiger partial charge in [-0.3, -0.25) is 4.57 Å². The Morgan fingerprint density at radius 3 is 2.52 bits per heavy atom. The Balaban J connectivity index is 1.41. The molecule has 5 aromatic rings. The molecule has 0 saturated carbocycles. The van der Waals surface area contributed by atoms with E-state index < -0.39 is 0 Å². The number of aryl methyl sites for hydroxylation is 1. The minimum atomic E-state index is 0.316. The number of thioether (sulfide) groups is 1. The van der Waals surface area contributed by atoms with Gasteiger partial charge in [-0.05, 0) is 42.8 Å². The highest BCUT2D eigenvalue weighted by Gasteiger charge is 2.17. The number of para-hydroxylation sites is 4. The number of rotatable bonds is 7. The zero-order valence-corrected chi connectivity index (χ0v) is 17.7. The van der Waals surface area contributed by atoms with Crippen LogP contribution >= 0.6 is 11.8 Å². The van der Waals surface area contributed by atoms with Crippen LogP contribution in [0.5, 0.6) is 5.75 Å². The minimum Gasteiger partial charge on any atom is -0.485 e. The summed E-state index contributed by atoms with van der Waals surface area (Å²) in [5, 5.41) is 9.59. The second-order valence-electron chi connectivity index (χ2n) is 6.99. The third-order valence-corrected chi connectivity index (χ3v) is 5.74. The number of benzene rings is 3. The molecule has 0 amide bonds. The molecule has 0 unspecified atom stereocenters. The van der Waals surface area contributed by atoms with Crippen molar-refractivity contribution in [1.29, 1.82) is 0 Å². The highest BCUT2D eigenvalue weighted by molar-refractivity contribution is 7.98. The molecule has 5 rings (SSSR count). The zero-order chi connectivity index (χ0) is 21.0. The quantitative estimate of drug-likeness (QED) is 0.315. The van der Waals surface area contributed by atoms with Gasteiger partial charge in [-0.2, -0.15) is 0 Å². The molecule has 0 spiro atoms. The summed E-state index contributed by atoms with van der Waals surface area (Å²) >= 11 is 1.53. The molecule has 0 aliphatic heterocycles. The number of hydrogen-bond donors (Lipinski definition) is 0. The van der Waals surface area contributed by atoms with Crippen LogP contribution in [0.3, 0.4) is 0 Å². The molecule has 2 heterocycles. The first kappa shape index (κ1) is 19.4. The number of nitrogens with zero attached hydrogens (tertiary/aromatic N) is 4. The predicted molar refractivity (Wildman–Crippen MR) is 120 cm³/mol. The summed E-state index contributed by atoms with van der Waals surface area (Å²) in [6.07, 6.45) is 0. The SMILES string of the molecule is Cc1ccccc1OCc1nnc(SCc2nc3ccccc3o2)n1-c1ccccc1. The Morgan fingerprint density at radius 2 is 1.68 bits per heavy atom. The largest absolute Gasteiger partial charge is 0.485 e. The number of aromatic nitrogens is 4. The standard InChI is InChI=1S/C24H20N4O2S/c1-17-9-5-7-13-20(17)29-15-22-26-27-24(28(22)18-10-3-2-4-11-18)31-16-23-25-19-12-6-8-14-21(19)30-23/h2-14H,15-16H2,1H3. The lowest BCUT2D eigenvalue weighted by molar-refractivity contribution is 0.291. The van der Waals surface area contributed by atoms with Gasteiger partial charge in [-0.15, -0.1) is 10.2 Å². The van der Waals surface area contributed by atoms with Crippen LogP contribution in [0, 0.1) is 6.92 Å². The Kier molecular flexibility index (Phi) is 5.41. The normalized spacial score (nSPS) is 11.1. The fraction of sp³-hybridized carbons (Fsp3) is 0.125. The number of fused-ring (bicyclic) bond motifs is 1. The molecule has 2 aromatic heterocycles. The van der Waals surface area contributed by atoms with Crippen LogP contribution in [0.15, 0.2) is 88.4 Å². The molecule has 0 atom stereocenters. The van der Waals surface area contributed by atoms with E-state index in [9.17, 15) is 0 Å². The van der Waals surface area contributed by atoms with Crippen molar-refractivity contribution in [3.63, 3.8) is 0 Å². The van der Waals surface area contributed by atoms with Gasteiger partial charge in [0.2, 0.25) is 5.89 Å². The molecule has 0 aliphatic carbocycles. The number of oxazole rings is 1. The van der Waals surface area contributed by atoms with Crippen LogP contribution in [-0.2, 0) is 12.4 Å². The first-order valence-electron chi connectivity index (χ1n) is 9.93. The lowest BCUT2D eigenvalue weighted by atomic mass is 10.2. The average molecular weight is 429 g/mol. The summed E-state index contributed by atoms with van der Waals surface area (Å²) in [4.78, 5) is 4.55. The molecule has 0 N–H and O–H groups in total. The molecule has 7 heteroatoms. The van der Waals surface area contributed by atoms with E-state index in [1.165, 1.54) is 11.8 Å². The highest BCUT2D eigenvalue weighted by atomic mass is 32.2. The smallest absolute Gasteiger partial charge is 0.205 e. The third-order valence-electron chi connectivity index (χ3n) is 4.83. The fourth-order valence-electron chi connectivity index (χ4n) is 3.29. The second kappa shape index (κ2) is 8.65. The van der Waals surface area contributed by atoms with Gasteiger partial charge in [0, 0.05) is 5.69 Å². The molecular weight excluding hydrogens is 408 g/mol. The molecule has 6 nitrogen and oxygen atoms in total. The van der Waals surface area contributed by atoms with Crippen molar-refractivity contribution in [1.82, 2.24) is 19.7 Å². The maximum absolute atomic E-state index is 6.04. The first-order chi connectivity index (χ1) is 15.3. The van der Waals surface area contributed by atoms with E-state index in [0.29, 0.717) is 18.3 Å². The summed E-state index contributed by atoms with van der Waals surface area (Å²) in [6.45, 7) is 2.34. The van der Waals surface area contributed by atoms with Crippen LogP contribution in [0.2, 0.25) is 0 Å². The van der Waals surface area contributed by atoms with Gasteiger partial charge in [0.05, 0.1) is 5.75 Å².